The zero-order valence-electron chi connectivity index (χ0n) is 25.8. The van der Waals surface area contributed by atoms with Gasteiger partial charge in [0, 0.05) is 19.0 Å². The molecule has 1 N–H and O–H groups in total. The summed E-state index contributed by atoms with van der Waals surface area (Å²) in [7, 11) is 0. The summed E-state index contributed by atoms with van der Waals surface area (Å²) in [5.74, 6) is 0.804. The van der Waals surface area contributed by atoms with E-state index >= 15 is 0 Å². The predicted octanol–water partition coefficient (Wildman–Crippen LogP) is 7.23. The molecular weight excluding hydrogens is 578 g/mol. The minimum atomic E-state index is -3.02. The van der Waals surface area contributed by atoms with E-state index in [-0.39, 0.29) is 17.7 Å². The fraction of sp³-hybridized carbons (Fsp3) is 0.486. The Morgan fingerprint density at radius 1 is 1.09 bits per heavy atom. The number of ether oxygens (including phenoxy) is 1. The van der Waals surface area contributed by atoms with Crippen LogP contribution in [0.4, 0.5) is 8.78 Å². The highest BCUT2D eigenvalue weighted by atomic mass is 19.3. The first-order valence-electron chi connectivity index (χ1n) is 16.1. The van der Waals surface area contributed by atoms with Crippen molar-refractivity contribution in [1.82, 2.24) is 19.7 Å². The molecule has 2 aromatic heterocycles. The van der Waals surface area contributed by atoms with E-state index in [1.807, 2.05) is 12.1 Å². The monoisotopic (exact) mass is 618 g/mol. The van der Waals surface area contributed by atoms with Gasteiger partial charge in [-0.05, 0) is 110 Å². The van der Waals surface area contributed by atoms with Gasteiger partial charge in [0.2, 0.25) is 5.91 Å². The van der Waals surface area contributed by atoms with Crippen LogP contribution in [0.2, 0.25) is 0 Å². The molecule has 1 saturated carbocycles. The lowest BCUT2D eigenvalue weighted by molar-refractivity contribution is -0.133. The first-order valence-corrected chi connectivity index (χ1v) is 16.1. The summed E-state index contributed by atoms with van der Waals surface area (Å²) in [5.41, 5.74) is 4.21. The van der Waals surface area contributed by atoms with Crippen LogP contribution >= 0.6 is 0 Å². The number of hydrogen-bond donors (Lipinski definition) is 1. The molecule has 2 fully saturated rings. The summed E-state index contributed by atoms with van der Waals surface area (Å²) >= 11 is 0. The molecule has 1 aliphatic heterocycles. The number of hydrogen-bond acceptors (Lipinski definition) is 5. The van der Waals surface area contributed by atoms with Crippen molar-refractivity contribution in [2.45, 2.75) is 77.6 Å². The third-order valence-corrected chi connectivity index (χ3v) is 9.61. The third kappa shape index (κ3) is 6.51. The summed E-state index contributed by atoms with van der Waals surface area (Å²) in [6.07, 6.45) is 5.64. The minimum Gasteiger partial charge on any atom is -0.489 e. The molecule has 1 saturated heterocycles. The van der Waals surface area contributed by atoms with E-state index < -0.39 is 23.7 Å². The van der Waals surface area contributed by atoms with Gasteiger partial charge in [0.05, 0.1) is 11.9 Å². The van der Waals surface area contributed by atoms with Crippen LogP contribution in [0.1, 0.15) is 104 Å². The average molecular weight is 619 g/mol. The van der Waals surface area contributed by atoms with Crippen molar-refractivity contribution in [3.8, 4) is 11.6 Å². The maximum absolute atomic E-state index is 13.9. The van der Waals surface area contributed by atoms with Crippen LogP contribution in [-0.2, 0) is 11.2 Å². The number of aromatic nitrogens is 3. The van der Waals surface area contributed by atoms with Crippen molar-refractivity contribution >= 4 is 17.4 Å². The number of carbonyl (C=O) groups is 2. The van der Waals surface area contributed by atoms with E-state index in [9.17, 15) is 23.5 Å². The molecule has 1 amide bonds. The Morgan fingerprint density at radius 3 is 2.56 bits per heavy atom. The summed E-state index contributed by atoms with van der Waals surface area (Å²) in [6, 6.07) is 11.5. The number of halogens is 2. The molecule has 0 spiro atoms. The number of rotatable bonds is 10. The van der Waals surface area contributed by atoms with Gasteiger partial charge in [-0.1, -0.05) is 26.0 Å². The van der Waals surface area contributed by atoms with Crippen molar-refractivity contribution in [2.24, 2.45) is 11.8 Å². The van der Waals surface area contributed by atoms with Crippen LogP contribution in [-0.4, -0.2) is 56.3 Å². The number of likely N-dealkylation sites (tertiary alicyclic amines) is 1. The Morgan fingerprint density at radius 2 is 1.87 bits per heavy atom. The van der Waals surface area contributed by atoms with Crippen molar-refractivity contribution in [1.29, 1.82) is 0 Å². The molecule has 45 heavy (non-hydrogen) atoms. The summed E-state index contributed by atoms with van der Waals surface area (Å²) < 4.78 is 35.1. The van der Waals surface area contributed by atoms with Crippen LogP contribution in [0, 0.1) is 11.8 Å². The van der Waals surface area contributed by atoms with Crippen LogP contribution in [0.5, 0.6) is 5.75 Å². The van der Waals surface area contributed by atoms with Crippen LogP contribution in [0.15, 0.2) is 48.2 Å². The number of carbonyl (C=O) groups excluding carboxylic acids is 1. The van der Waals surface area contributed by atoms with Crippen LogP contribution < -0.4 is 4.74 Å². The second-order valence-electron chi connectivity index (χ2n) is 12.5. The molecule has 10 heteroatoms. The molecule has 8 nitrogen and oxygen atoms in total. The second kappa shape index (κ2) is 13.1. The van der Waals surface area contributed by atoms with Gasteiger partial charge in [-0.15, -0.1) is 0 Å². The highest BCUT2D eigenvalue weighted by molar-refractivity contribution is 5.89. The van der Waals surface area contributed by atoms with Crippen molar-refractivity contribution < 1.29 is 28.2 Å². The molecule has 0 bridgehead atoms. The number of alkyl halides is 2. The number of nitrogens with zero attached hydrogens (tertiary/aromatic N) is 4. The Hall–Kier alpha value is -4.08. The molecule has 0 radical (unpaired) electrons. The first kappa shape index (κ1) is 30.9. The molecule has 3 aliphatic rings. The smallest absolute Gasteiger partial charge is 0.339 e. The lowest BCUT2D eigenvalue weighted by atomic mass is 9.82. The van der Waals surface area contributed by atoms with Crippen molar-refractivity contribution in [3.05, 3.63) is 76.2 Å². The van der Waals surface area contributed by atoms with E-state index in [2.05, 4.69) is 41.0 Å². The summed E-state index contributed by atoms with van der Waals surface area (Å²) in [5, 5.41) is 13.3. The lowest BCUT2D eigenvalue weighted by Gasteiger charge is -2.33. The van der Waals surface area contributed by atoms with Gasteiger partial charge in [-0.2, -0.15) is 5.10 Å². The Bertz CT molecular complexity index is 1600. The van der Waals surface area contributed by atoms with E-state index in [0.717, 1.165) is 92.2 Å². The summed E-state index contributed by atoms with van der Waals surface area (Å²) in [6.45, 7) is 6.38. The minimum absolute atomic E-state index is 0.146. The summed E-state index contributed by atoms with van der Waals surface area (Å²) in [4.78, 5) is 30.7. The molecule has 6 rings (SSSR count). The zero-order chi connectivity index (χ0) is 31.7. The zero-order valence-corrected chi connectivity index (χ0v) is 25.8. The number of benzene rings is 1. The highest BCUT2D eigenvalue weighted by Gasteiger charge is 2.35. The van der Waals surface area contributed by atoms with Gasteiger partial charge >= 0.3 is 5.97 Å². The van der Waals surface area contributed by atoms with Crippen LogP contribution in [0.25, 0.3) is 11.4 Å². The van der Waals surface area contributed by atoms with E-state index in [4.69, 9.17) is 4.74 Å². The topological polar surface area (TPSA) is 97.6 Å². The standard InChI is InChI=1S/C35H40F2N4O4/c1-3-22-18-25(12-13-26(22)23-14-16-40(17-15-23)34(42)24-10-11-24)45-20-29-21(2)6-4-7-27(29)30-8-5-9-31(39-30)41-32(33(36)37)28(19-38-41)35(43)44/h5,8-9,12-13,18-19,21,23-24,33H,3-4,6-7,10-11,14-17,20H2,1-2H3,(H,43,44). The molecular formula is C35H40F2N4O4. The quantitative estimate of drug-likeness (QED) is 0.257. The number of carboxylic acid groups (broad SMARTS) is 1. The molecule has 3 aromatic rings. The van der Waals surface area contributed by atoms with Gasteiger partial charge in [-0.25, -0.2) is 23.2 Å². The number of amides is 1. The molecule has 3 heterocycles. The van der Waals surface area contributed by atoms with Gasteiger partial charge < -0.3 is 14.7 Å². The molecule has 1 aromatic carbocycles. The molecule has 1 unspecified atom stereocenters. The molecule has 238 valence electrons. The van der Waals surface area contributed by atoms with E-state index in [1.54, 1.807) is 12.1 Å². The predicted molar refractivity (Wildman–Crippen MR) is 166 cm³/mol. The van der Waals surface area contributed by atoms with E-state index in [0.29, 0.717) is 24.1 Å². The highest BCUT2D eigenvalue weighted by Crippen LogP contribution is 2.38. The number of piperidine rings is 1. The number of allylic oxidation sites excluding steroid dienone is 1. The third-order valence-electron chi connectivity index (χ3n) is 9.61. The van der Waals surface area contributed by atoms with E-state index in [1.165, 1.54) is 11.1 Å². The average Bonchev–Trinajstić information content (AvgIpc) is 3.80. The number of pyridine rings is 1. The van der Waals surface area contributed by atoms with Gasteiger partial charge in [0.1, 0.15) is 23.6 Å². The normalized spacial score (nSPS) is 19.3. The lowest BCUT2D eigenvalue weighted by Crippen LogP contribution is -2.38. The van der Waals surface area contributed by atoms with Crippen molar-refractivity contribution in [2.75, 3.05) is 19.7 Å². The first-order chi connectivity index (χ1) is 21.7. The molecule has 1 atom stereocenters. The number of carboxylic acids is 1. The maximum atomic E-state index is 13.9. The molecule has 2 aliphatic carbocycles. The largest absolute Gasteiger partial charge is 0.489 e. The Kier molecular flexibility index (Phi) is 9.01. The van der Waals surface area contributed by atoms with Gasteiger partial charge in [0.15, 0.2) is 5.82 Å². The number of aromatic carboxylic acids is 1. The SMILES string of the molecule is CCc1cc(OCC2=C(c3cccc(-n4ncc(C(=O)O)c4C(F)F)n3)CCCC2C)ccc1C1CCN(C(=O)C2CC2)CC1. The fourth-order valence-corrected chi connectivity index (χ4v) is 6.90. The van der Waals surface area contributed by atoms with Gasteiger partial charge in [0.25, 0.3) is 6.43 Å². The van der Waals surface area contributed by atoms with Crippen molar-refractivity contribution in [3.63, 3.8) is 0 Å². The Labute approximate surface area is 262 Å². The second-order valence-corrected chi connectivity index (χ2v) is 12.5. The number of aryl methyl sites for hydroxylation is 1. The maximum Gasteiger partial charge on any atom is 0.339 e. The van der Waals surface area contributed by atoms with Gasteiger partial charge in [-0.3, -0.25) is 4.79 Å². The Balaban J connectivity index is 1.20. The van der Waals surface area contributed by atoms with Crippen LogP contribution in [0.3, 0.4) is 0 Å². The fourth-order valence-electron chi connectivity index (χ4n) is 6.90.